The van der Waals surface area contributed by atoms with Crippen molar-refractivity contribution in [1.29, 1.82) is 0 Å². The number of nitrogens with zero attached hydrogens (tertiary/aromatic N) is 1. The fraction of sp³-hybridized carbons (Fsp3) is 0.154. The highest BCUT2D eigenvalue weighted by Crippen LogP contribution is 2.31. The molecule has 0 fully saturated rings. The summed E-state index contributed by atoms with van der Waals surface area (Å²) in [6, 6.07) is 5.96. The molecule has 0 saturated heterocycles. The van der Waals surface area contributed by atoms with Crippen molar-refractivity contribution in [2.24, 2.45) is 0 Å². The summed E-state index contributed by atoms with van der Waals surface area (Å²) in [6.07, 6.45) is 0. The van der Waals surface area contributed by atoms with Gasteiger partial charge in [-0.05, 0) is 18.2 Å². The number of ether oxygens (including phenoxy) is 2. The third kappa shape index (κ3) is 3.93. The van der Waals surface area contributed by atoms with Gasteiger partial charge in [0.05, 0.1) is 13.2 Å². The van der Waals surface area contributed by atoms with Crippen LogP contribution >= 0.6 is 0 Å². The monoisotopic (exact) mass is 328 g/mol. The molecule has 0 aliphatic heterocycles. The molecule has 0 radical (unpaired) electrons. The van der Waals surface area contributed by atoms with E-state index >= 15 is 0 Å². The lowest BCUT2D eigenvalue weighted by molar-refractivity contribution is -0.402. The Kier molecular flexibility index (Phi) is 4.74. The SMILES string of the molecule is COc1ccc(NC(=O)c2ccc([N+](=O)[O-])o2)cc1OC(F)F. The molecule has 10 heteroatoms. The van der Waals surface area contributed by atoms with Crippen LogP contribution in [0.5, 0.6) is 11.5 Å². The van der Waals surface area contributed by atoms with E-state index in [-0.39, 0.29) is 22.9 Å². The molecule has 1 aromatic carbocycles. The van der Waals surface area contributed by atoms with Crippen LogP contribution in [0.3, 0.4) is 0 Å². The molecule has 8 nitrogen and oxygen atoms in total. The first-order valence-electron chi connectivity index (χ1n) is 6.09. The summed E-state index contributed by atoms with van der Waals surface area (Å²) >= 11 is 0. The van der Waals surface area contributed by atoms with Gasteiger partial charge in [0, 0.05) is 11.8 Å². The molecule has 1 amide bonds. The normalized spacial score (nSPS) is 10.4. The predicted octanol–water partition coefficient (Wildman–Crippen LogP) is 3.05. The van der Waals surface area contributed by atoms with Gasteiger partial charge in [-0.2, -0.15) is 8.78 Å². The molecule has 0 spiro atoms. The molecular weight excluding hydrogens is 318 g/mol. The summed E-state index contributed by atoms with van der Waals surface area (Å²) in [4.78, 5) is 21.6. The van der Waals surface area contributed by atoms with Gasteiger partial charge in [-0.1, -0.05) is 0 Å². The van der Waals surface area contributed by atoms with E-state index in [1.807, 2.05) is 0 Å². The lowest BCUT2D eigenvalue weighted by Crippen LogP contribution is -2.11. The summed E-state index contributed by atoms with van der Waals surface area (Å²) in [5.41, 5.74) is 0.116. The van der Waals surface area contributed by atoms with Gasteiger partial charge in [0.25, 0.3) is 5.91 Å². The number of benzene rings is 1. The summed E-state index contributed by atoms with van der Waals surface area (Å²) in [6.45, 7) is -3.07. The number of anilines is 1. The zero-order valence-corrected chi connectivity index (χ0v) is 11.6. The minimum absolute atomic E-state index is 0.0527. The van der Waals surface area contributed by atoms with Gasteiger partial charge >= 0.3 is 12.5 Å². The minimum atomic E-state index is -3.07. The Balaban J connectivity index is 2.18. The number of halogens is 2. The average molecular weight is 328 g/mol. The Hall–Kier alpha value is -3.17. The van der Waals surface area contributed by atoms with Gasteiger partial charge in [0.1, 0.15) is 4.92 Å². The second-order valence-electron chi connectivity index (χ2n) is 4.09. The first kappa shape index (κ1) is 16.2. The van der Waals surface area contributed by atoms with Gasteiger partial charge in [0.15, 0.2) is 17.3 Å². The zero-order chi connectivity index (χ0) is 17.0. The van der Waals surface area contributed by atoms with E-state index in [9.17, 15) is 23.7 Å². The number of carbonyl (C=O) groups is 1. The first-order chi connectivity index (χ1) is 10.9. The number of furan rings is 1. The molecule has 0 aliphatic rings. The molecule has 23 heavy (non-hydrogen) atoms. The topological polar surface area (TPSA) is 104 Å². The van der Waals surface area contributed by atoms with Crippen LogP contribution in [0.15, 0.2) is 34.7 Å². The van der Waals surface area contributed by atoms with Crippen molar-refractivity contribution < 1.29 is 32.4 Å². The van der Waals surface area contributed by atoms with Crippen LogP contribution in [0.2, 0.25) is 0 Å². The van der Waals surface area contributed by atoms with Crippen molar-refractivity contribution in [1.82, 2.24) is 0 Å². The highest BCUT2D eigenvalue weighted by molar-refractivity contribution is 6.02. The number of amides is 1. The molecule has 1 heterocycles. The number of hydrogen-bond acceptors (Lipinski definition) is 6. The maximum atomic E-state index is 12.3. The van der Waals surface area contributed by atoms with E-state index in [0.717, 1.165) is 18.2 Å². The van der Waals surface area contributed by atoms with Crippen LogP contribution in [0.1, 0.15) is 10.6 Å². The first-order valence-corrected chi connectivity index (χ1v) is 6.09. The fourth-order valence-corrected chi connectivity index (χ4v) is 1.68. The summed E-state index contributed by atoms with van der Waals surface area (Å²) in [5, 5.41) is 12.8. The van der Waals surface area contributed by atoms with Gasteiger partial charge in [-0.25, -0.2) is 0 Å². The average Bonchev–Trinajstić information content (AvgIpc) is 2.97. The van der Waals surface area contributed by atoms with Gasteiger partial charge in [-0.3, -0.25) is 14.9 Å². The third-order valence-electron chi connectivity index (χ3n) is 2.63. The number of hydrogen-bond donors (Lipinski definition) is 1. The van der Waals surface area contributed by atoms with E-state index in [4.69, 9.17) is 9.15 Å². The van der Waals surface area contributed by atoms with Crippen LogP contribution in [-0.2, 0) is 0 Å². The van der Waals surface area contributed by atoms with Crippen LogP contribution in [0, 0.1) is 10.1 Å². The number of methoxy groups -OCH3 is 1. The molecule has 122 valence electrons. The van der Waals surface area contributed by atoms with Crippen LogP contribution < -0.4 is 14.8 Å². The van der Waals surface area contributed by atoms with Gasteiger partial charge < -0.3 is 19.2 Å². The van der Waals surface area contributed by atoms with Crippen LogP contribution in [0.4, 0.5) is 20.4 Å². The molecule has 0 bridgehead atoms. The van der Waals surface area contributed by atoms with E-state index in [1.165, 1.54) is 19.2 Å². The number of nitro groups is 1. The highest BCUT2D eigenvalue weighted by Gasteiger charge is 2.18. The predicted molar refractivity (Wildman–Crippen MR) is 72.9 cm³/mol. The highest BCUT2D eigenvalue weighted by atomic mass is 19.3. The van der Waals surface area contributed by atoms with E-state index in [1.54, 1.807) is 0 Å². The Morgan fingerprint density at radius 2 is 2.04 bits per heavy atom. The van der Waals surface area contributed by atoms with Gasteiger partial charge in [-0.15, -0.1) is 0 Å². The molecule has 0 aliphatic carbocycles. The van der Waals surface area contributed by atoms with E-state index in [2.05, 4.69) is 10.1 Å². The molecule has 1 aromatic heterocycles. The van der Waals surface area contributed by atoms with Crippen molar-refractivity contribution in [3.05, 3.63) is 46.2 Å². The lowest BCUT2D eigenvalue weighted by atomic mass is 10.2. The number of nitrogens with one attached hydrogen (secondary N) is 1. The van der Waals surface area contributed by atoms with E-state index < -0.39 is 23.3 Å². The maximum Gasteiger partial charge on any atom is 0.433 e. The van der Waals surface area contributed by atoms with Crippen molar-refractivity contribution in [3.8, 4) is 11.5 Å². The largest absolute Gasteiger partial charge is 0.493 e. The smallest absolute Gasteiger partial charge is 0.433 e. The number of alkyl halides is 2. The van der Waals surface area contributed by atoms with Crippen LogP contribution in [-0.4, -0.2) is 24.6 Å². The summed E-state index contributed by atoms with van der Waals surface area (Å²) in [7, 11) is 1.27. The van der Waals surface area contributed by atoms with Crippen molar-refractivity contribution in [2.45, 2.75) is 6.61 Å². The molecule has 2 aromatic rings. The maximum absolute atomic E-state index is 12.3. The third-order valence-corrected chi connectivity index (χ3v) is 2.63. The minimum Gasteiger partial charge on any atom is -0.493 e. The zero-order valence-electron chi connectivity index (χ0n) is 11.6. The summed E-state index contributed by atoms with van der Waals surface area (Å²) in [5.74, 6) is -1.90. The quantitative estimate of drug-likeness (QED) is 0.645. The number of rotatable bonds is 6. The van der Waals surface area contributed by atoms with E-state index in [0.29, 0.717) is 0 Å². The molecule has 1 N–H and O–H groups in total. The van der Waals surface area contributed by atoms with Gasteiger partial charge in [0.2, 0.25) is 0 Å². The van der Waals surface area contributed by atoms with Crippen molar-refractivity contribution in [2.75, 3.05) is 12.4 Å². The second kappa shape index (κ2) is 6.73. The summed E-state index contributed by atoms with van der Waals surface area (Å²) < 4.78 is 38.5. The molecule has 2 rings (SSSR count). The Labute approximate surface area is 127 Å². The number of carbonyl (C=O) groups excluding carboxylic acids is 1. The molecular formula is C13H10F2N2O6. The van der Waals surface area contributed by atoms with Crippen LogP contribution in [0.25, 0.3) is 0 Å². The second-order valence-corrected chi connectivity index (χ2v) is 4.09. The van der Waals surface area contributed by atoms with Crippen molar-refractivity contribution >= 4 is 17.5 Å². The standard InChI is InChI=1S/C13H10F2N2O6/c1-21-8-3-2-7(6-10(8)23-13(14)15)16-12(18)9-4-5-11(22-9)17(19)20/h2-6,13H,1H3,(H,16,18). The Morgan fingerprint density at radius 3 is 2.61 bits per heavy atom. The lowest BCUT2D eigenvalue weighted by Gasteiger charge is -2.11. The Morgan fingerprint density at radius 1 is 1.30 bits per heavy atom. The Bertz CT molecular complexity index is 731. The molecule has 0 unspecified atom stereocenters. The van der Waals surface area contributed by atoms with Crippen molar-refractivity contribution in [3.63, 3.8) is 0 Å². The molecule has 0 saturated carbocycles. The molecule has 0 atom stereocenters. The fourth-order valence-electron chi connectivity index (χ4n) is 1.68.